The molecule has 0 N–H and O–H groups in total. The van der Waals surface area contributed by atoms with Gasteiger partial charge in [-0.2, -0.15) is 0 Å². The quantitative estimate of drug-likeness (QED) is 0.387. The molecule has 0 spiro atoms. The maximum atomic E-state index is 3.76. The van der Waals surface area contributed by atoms with Gasteiger partial charge in [0.25, 0.3) is 0 Å². The average Bonchev–Trinajstić information content (AvgIpc) is 2.49. The topological polar surface area (TPSA) is 0 Å². The van der Waals surface area contributed by atoms with Crippen LogP contribution in [0, 0.1) is 0 Å². The maximum Gasteiger partial charge on any atom is -0.0320 e. The van der Waals surface area contributed by atoms with E-state index in [1.54, 1.807) is 0 Å². The molecular weight excluding hydrogens is 276 g/mol. The van der Waals surface area contributed by atoms with Crippen LogP contribution in [0.3, 0.4) is 0 Å². The van der Waals surface area contributed by atoms with Crippen LogP contribution in [0.5, 0.6) is 0 Å². The smallest absolute Gasteiger partial charge is 0.0320 e. The summed E-state index contributed by atoms with van der Waals surface area (Å²) in [5, 5.41) is 0. The zero-order chi connectivity index (χ0) is 15.7. The van der Waals surface area contributed by atoms with Crippen molar-refractivity contribution in [2.24, 2.45) is 0 Å². The molecule has 0 bridgehead atoms. The normalized spacial score (nSPS) is 5.83. The Hall–Kier alpha value is -1.82. The molecule has 1 saturated carbocycles. The van der Waals surface area contributed by atoms with E-state index < -0.39 is 0 Å². The Morgan fingerprint density at radius 3 is 0.478 bits per heavy atom. The van der Waals surface area contributed by atoms with E-state index >= 15 is 0 Å². The largest absolute Gasteiger partial charge is 0.106 e. The van der Waals surface area contributed by atoms with E-state index in [9.17, 15) is 0 Å². The summed E-state index contributed by atoms with van der Waals surface area (Å²) in [5.41, 5.74) is 1.44. The minimum atomic E-state index is 0. The first-order valence-corrected chi connectivity index (χ1v) is 5.06. The van der Waals surface area contributed by atoms with Gasteiger partial charge in [0.1, 0.15) is 0 Å². The SMILES string of the molecule is C.C.C.C.C.C.C=C.C=C.C=C.C=C.C=C.C=C.C=C1CCC1. The molecule has 0 aromatic carbocycles. The number of allylic oxidation sites excluding steroid dienone is 1. The summed E-state index contributed by atoms with van der Waals surface area (Å²) in [4.78, 5) is 0. The van der Waals surface area contributed by atoms with Gasteiger partial charge < -0.3 is 0 Å². The number of rotatable bonds is 0. The average molecular weight is 333 g/mol. The van der Waals surface area contributed by atoms with Crippen molar-refractivity contribution in [3.8, 4) is 0 Å². The van der Waals surface area contributed by atoms with Crippen LogP contribution >= 0.6 is 0 Å². The number of hydrogen-bond donors (Lipinski definition) is 0. The van der Waals surface area contributed by atoms with E-state index in [4.69, 9.17) is 0 Å². The van der Waals surface area contributed by atoms with Crippen LogP contribution in [0.2, 0.25) is 0 Å². The molecule has 148 valence electrons. The van der Waals surface area contributed by atoms with Crippen LogP contribution in [0.15, 0.2) is 91.1 Å². The van der Waals surface area contributed by atoms with Crippen molar-refractivity contribution in [3.05, 3.63) is 91.1 Å². The molecule has 0 heterocycles. The van der Waals surface area contributed by atoms with Crippen molar-refractivity contribution in [2.45, 2.75) is 63.8 Å². The van der Waals surface area contributed by atoms with E-state index in [0.717, 1.165) is 0 Å². The third-order valence-corrected chi connectivity index (χ3v) is 1.06. The molecule has 0 aliphatic heterocycles. The molecule has 1 aliphatic rings. The lowest BCUT2D eigenvalue weighted by atomic mass is 9.95. The molecule has 0 amide bonds. The van der Waals surface area contributed by atoms with Gasteiger partial charge in [-0.05, 0) is 19.3 Å². The van der Waals surface area contributed by atoms with Crippen LogP contribution in [0.1, 0.15) is 63.8 Å². The zero-order valence-corrected chi connectivity index (χ0v) is 11.8. The third kappa shape index (κ3) is 382. The van der Waals surface area contributed by atoms with E-state index in [1.165, 1.54) is 24.8 Å². The molecule has 0 unspecified atom stereocenters. The second-order valence-corrected chi connectivity index (χ2v) is 1.60. The highest BCUT2D eigenvalue weighted by Crippen LogP contribution is 2.21. The molecule has 0 nitrogen and oxygen atoms in total. The summed E-state index contributed by atoms with van der Waals surface area (Å²) in [6.07, 6.45) is 3.97. The molecule has 1 rings (SSSR count). The first-order valence-electron chi connectivity index (χ1n) is 5.06. The Morgan fingerprint density at radius 2 is 0.478 bits per heavy atom. The summed E-state index contributed by atoms with van der Waals surface area (Å²) >= 11 is 0. The Labute approximate surface area is 155 Å². The fraction of sp³-hybridized carbons (Fsp3) is 0.391. The first kappa shape index (κ1) is 102. The minimum Gasteiger partial charge on any atom is -0.106 e. The summed E-state index contributed by atoms with van der Waals surface area (Å²) in [6.45, 7) is 39.8. The van der Waals surface area contributed by atoms with Gasteiger partial charge in [0.2, 0.25) is 0 Å². The van der Waals surface area contributed by atoms with Crippen LogP contribution in [-0.2, 0) is 0 Å². The molecule has 0 heteroatoms. The van der Waals surface area contributed by atoms with E-state index in [0.29, 0.717) is 0 Å². The summed E-state index contributed by atoms with van der Waals surface area (Å²) in [6, 6.07) is 0. The molecule has 1 fully saturated rings. The van der Waals surface area contributed by atoms with Crippen LogP contribution in [0.25, 0.3) is 0 Å². The van der Waals surface area contributed by atoms with Crippen LogP contribution in [0.4, 0.5) is 0 Å². The molecule has 0 atom stereocenters. The van der Waals surface area contributed by atoms with E-state index in [2.05, 4.69) is 85.5 Å². The fourth-order valence-electron chi connectivity index (χ4n) is 0.427. The molecule has 1 aliphatic carbocycles. The van der Waals surface area contributed by atoms with Crippen molar-refractivity contribution in [1.29, 1.82) is 0 Å². The first-order chi connectivity index (χ1) is 8.39. The van der Waals surface area contributed by atoms with Gasteiger partial charge in [-0.1, -0.05) is 56.7 Å². The molecule has 0 radical (unpaired) electrons. The Kier molecular flexibility index (Phi) is 1890. The third-order valence-electron chi connectivity index (χ3n) is 1.06. The second kappa shape index (κ2) is 425. The molecule has 23 heavy (non-hydrogen) atoms. The van der Waals surface area contributed by atoms with Crippen LogP contribution < -0.4 is 0 Å². The van der Waals surface area contributed by atoms with Crippen molar-refractivity contribution in [1.82, 2.24) is 0 Å². The lowest BCUT2D eigenvalue weighted by Gasteiger charge is -2.11. The highest BCUT2D eigenvalue weighted by Gasteiger charge is 2.02. The van der Waals surface area contributed by atoms with Gasteiger partial charge in [0, 0.05) is 0 Å². The number of hydrogen-bond acceptors (Lipinski definition) is 0. The predicted molar refractivity (Wildman–Crippen MR) is 131 cm³/mol. The molecule has 0 aromatic rings. The van der Waals surface area contributed by atoms with E-state index in [1.807, 2.05) is 0 Å². The second-order valence-electron chi connectivity index (χ2n) is 1.60. The van der Waals surface area contributed by atoms with Gasteiger partial charge in [0.05, 0.1) is 0 Å². The highest BCUT2D eigenvalue weighted by atomic mass is 14.1. The fourth-order valence-corrected chi connectivity index (χ4v) is 0.427. The van der Waals surface area contributed by atoms with Crippen molar-refractivity contribution in [3.63, 3.8) is 0 Å². The van der Waals surface area contributed by atoms with Gasteiger partial charge in [-0.25, -0.2) is 0 Å². The monoisotopic (exact) mass is 332 g/mol. The molecule has 0 aromatic heterocycles. The Morgan fingerprint density at radius 1 is 0.391 bits per heavy atom. The zero-order valence-electron chi connectivity index (χ0n) is 11.8. The van der Waals surface area contributed by atoms with Crippen LogP contribution in [-0.4, -0.2) is 0 Å². The van der Waals surface area contributed by atoms with Gasteiger partial charge >= 0.3 is 0 Å². The lowest BCUT2D eigenvalue weighted by molar-refractivity contribution is 0.667. The summed E-state index contributed by atoms with van der Waals surface area (Å²) in [7, 11) is 0. The summed E-state index contributed by atoms with van der Waals surface area (Å²) in [5.74, 6) is 0. The van der Waals surface area contributed by atoms with E-state index in [-0.39, 0.29) is 44.6 Å². The van der Waals surface area contributed by atoms with Gasteiger partial charge in [0.15, 0.2) is 0 Å². The molecule has 0 saturated heterocycles. The minimum absolute atomic E-state index is 0. The lowest BCUT2D eigenvalue weighted by Crippen LogP contribution is -1.92. The molecular formula is C23H56. The van der Waals surface area contributed by atoms with Gasteiger partial charge in [-0.15, -0.1) is 78.9 Å². The highest BCUT2D eigenvalue weighted by molar-refractivity contribution is 5.01. The maximum absolute atomic E-state index is 3.76. The van der Waals surface area contributed by atoms with Crippen molar-refractivity contribution in [2.75, 3.05) is 0 Å². The van der Waals surface area contributed by atoms with Crippen molar-refractivity contribution < 1.29 is 0 Å². The Balaban J connectivity index is -0.00000000620. The van der Waals surface area contributed by atoms with Gasteiger partial charge in [-0.3, -0.25) is 0 Å². The standard InChI is InChI=1S/C5H8.6C2H4.6CH4/c1-5-3-2-4-5;6*1-2;;;;;;/h1-4H2;6*1-2H2;6*1H4. The summed E-state index contributed by atoms with van der Waals surface area (Å²) < 4.78 is 0. The predicted octanol–water partition coefficient (Wildman–Crippen LogP) is 10.4. The van der Waals surface area contributed by atoms with Crippen molar-refractivity contribution >= 4 is 0 Å². The Bertz CT molecular complexity index is 91.7.